The fraction of sp³-hybridized carbons (Fsp3) is 0.429. The highest BCUT2D eigenvalue weighted by Gasteiger charge is 2.24. The lowest BCUT2D eigenvalue weighted by molar-refractivity contribution is -0.132. The van der Waals surface area contributed by atoms with Gasteiger partial charge in [0.1, 0.15) is 11.6 Å². The molecule has 1 aromatic rings. The van der Waals surface area contributed by atoms with Gasteiger partial charge in [0.15, 0.2) is 0 Å². The Labute approximate surface area is 160 Å². The van der Waals surface area contributed by atoms with Gasteiger partial charge in [-0.1, -0.05) is 12.1 Å². The minimum Gasteiger partial charge on any atom is -0.493 e. The monoisotopic (exact) mass is 369 g/mol. The number of aliphatic imine (C=N–C) groups is 1. The van der Waals surface area contributed by atoms with Crippen LogP contribution in [0.5, 0.6) is 5.75 Å². The third kappa shape index (κ3) is 4.39. The Balaban J connectivity index is 1.62. The standard InChI is InChI=1S/C21H27N3O3/c1-15(21(25)26)4-7-20(22-3)24-11-9-23(10-12-24)16(2)18-6-5-17-8-13-27-19(17)14-18/h4-7,14,16H,3,8-13H2,1-2H3,(H,25,26)/b15-4+,20-7+. The average Bonchev–Trinajstić information content (AvgIpc) is 3.16. The molecule has 0 saturated carbocycles. The number of carboxylic acid groups (broad SMARTS) is 1. The van der Waals surface area contributed by atoms with Crippen molar-refractivity contribution in [3.63, 3.8) is 0 Å². The number of benzene rings is 1. The predicted octanol–water partition coefficient (Wildman–Crippen LogP) is 2.87. The van der Waals surface area contributed by atoms with E-state index in [-0.39, 0.29) is 5.57 Å². The summed E-state index contributed by atoms with van der Waals surface area (Å²) in [6.07, 6.45) is 4.31. The van der Waals surface area contributed by atoms with Gasteiger partial charge in [0.2, 0.25) is 0 Å². The topological polar surface area (TPSA) is 65.4 Å². The molecule has 1 atom stereocenters. The summed E-state index contributed by atoms with van der Waals surface area (Å²) in [7, 11) is 0. The highest BCUT2D eigenvalue weighted by Crippen LogP contribution is 2.31. The Kier molecular flexibility index (Phi) is 5.96. The molecule has 1 unspecified atom stereocenters. The number of nitrogens with zero attached hydrogens (tertiary/aromatic N) is 3. The second-order valence-electron chi connectivity index (χ2n) is 7.00. The van der Waals surface area contributed by atoms with Gasteiger partial charge in [-0.15, -0.1) is 0 Å². The van der Waals surface area contributed by atoms with Crippen molar-refractivity contribution in [2.75, 3.05) is 32.8 Å². The molecule has 0 aromatic heterocycles. The fourth-order valence-corrected chi connectivity index (χ4v) is 3.52. The van der Waals surface area contributed by atoms with Gasteiger partial charge in [-0.2, -0.15) is 0 Å². The minimum atomic E-state index is -0.924. The lowest BCUT2D eigenvalue weighted by Gasteiger charge is -2.39. The van der Waals surface area contributed by atoms with Crippen LogP contribution in [0.15, 0.2) is 46.7 Å². The van der Waals surface area contributed by atoms with Gasteiger partial charge < -0.3 is 14.7 Å². The summed E-state index contributed by atoms with van der Waals surface area (Å²) in [6.45, 7) is 11.7. The number of aliphatic carboxylic acids is 1. The van der Waals surface area contributed by atoms with Crippen molar-refractivity contribution in [2.45, 2.75) is 26.3 Å². The molecule has 1 aromatic carbocycles. The third-order valence-electron chi connectivity index (χ3n) is 5.37. The zero-order valence-electron chi connectivity index (χ0n) is 16.0. The first-order valence-corrected chi connectivity index (χ1v) is 9.33. The molecular formula is C21H27N3O3. The van der Waals surface area contributed by atoms with Crippen molar-refractivity contribution in [3.05, 3.63) is 52.9 Å². The van der Waals surface area contributed by atoms with Crippen molar-refractivity contribution < 1.29 is 14.6 Å². The van der Waals surface area contributed by atoms with Crippen LogP contribution >= 0.6 is 0 Å². The van der Waals surface area contributed by atoms with E-state index in [1.54, 1.807) is 19.1 Å². The van der Waals surface area contributed by atoms with Crippen molar-refractivity contribution in [3.8, 4) is 5.75 Å². The van der Waals surface area contributed by atoms with E-state index >= 15 is 0 Å². The van der Waals surface area contributed by atoms with Gasteiger partial charge in [-0.05, 0) is 49.9 Å². The van der Waals surface area contributed by atoms with Crippen molar-refractivity contribution in [2.24, 2.45) is 4.99 Å². The minimum absolute atomic E-state index is 0.280. The van der Waals surface area contributed by atoms with E-state index in [0.717, 1.165) is 45.0 Å². The van der Waals surface area contributed by atoms with Crippen LogP contribution < -0.4 is 4.74 Å². The van der Waals surface area contributed by atoms with E-state index in [4.69, 9.17) is 9.84 Å². The number of carboxylic acids is 1. The van der Waals surface area contributed by atoms with E-state index in [9.17, 15) is 4.79 Å². The summed E-state index contributed by atoms with van der Waals surface area (Å²) in [4.78, 5) is 19.6. The van der Waals surface area contributed by atoms with Crippen molar-refractivity contribution in [1.82, 2.24) is 9.80 Å². The maximum atomic E-state index is 10.9. The molecule has 0 amide bonds. The SMILES string of the molecule is C=N/C(=C\C=C(/C)C(=O)O)N1CCN(C(C)c2ccc3c(c2)OCC3)CC1. The van der Waals surface area contributed by atoms with E-state index in [1.165, 1.54) is 11.1 Å². The summed E-state index contributed by atoms with van der Waals surface area (Å²) in [6, 6.07) is 6.89. The Morgan fingerprint density at radius 1 is 1.30 bits per heavy atom. The summed E-state index contributed by atoms with van der Waals surface area (Å²) in [5, 5.41) is 8.97. The van der Waals surface area contributed by atoms with Gasteiger partial charge >= 0.3 is 5.97 Å². The van der Waals surface area contributed by atoms with Crippen LogP contribution in [-0.4, -0.2) is 60.4 Å². The molecule has 2 aliphatic rings. The number of rotatable bonds is 6. The summed E-state index contributed by atoms with van der Waals surface area (Å²) in [5.41, 5.74) is 2.86. The molecule has 144 valence electrons. The van der Waals surface area contributed by atoms with Gasteiger partial charge in [0.25, 0.3) is 0 Å². The van der Waals surface area contributed by atoms with Crippen LogP contribution in [0.2, 0.25) is 0 Å². The first kappa shape index (κ1) is 19.2. The van der Waals surface area contributed by atoms with Crippen molar-refractivity contribution >= 4 is 12.7 Å². The molecule has 1 saturated heterocycles. The van der Waals surface area contributed by atoms with E-state index < -0.39 is 5.97 Å². The zero-order chi connectivity index (χ0) is 19.4. The molecule has 1 N–H and O–H groups in total. The molecule has 2 heterocycles. The van der Waals surface area contributed by atoms with Crippen LogP contribution in [0.1, 0.15) is 31.0 Å². The van der Waals surface area contributed by atoms with E-state index in [1.807, 2.05) is 0 Å². The Morgan fingerprint density at radius 2 is 2.04 bits per heavy atom. The van der Waals surface area contributed by atoms with Crippen LogP contribution in [0, 0.1) is 0 Å². The number of allylic oxidation sites excluding steroid dienone is 2. The van der Waals surface area contributed by atoms with E-state index in [2.05, 4.69) is 46.6 Å². The molecule has 0 spiro atoms. The maximum Gasteiger partial charge on any atom is 0.331 e. The normalized spacial score (nSPS) is 19.4. The van der Waals surface area contributed by atoms with Gasteiger partial charge in [0.05, 0.1) is 6.61 Å². The van der Waals surface area contributed by atoms with Crippen LogP contribution in [0.3, 0.4) is 0 Å². The number of fused-ring (bicyclic) bond motifs is 1. The van der Waals surface area contributed by atoms with Gasteiger partial charge in [-0.3, -0.25) is 4.90 Å². The Morgan fingerprint density at radius 3 is 2.70 bits per heavy atom. The summed E-state index contributed by atoms with van der Waals surface area (Å²) < 4.78 is 5.70. The summed E-state index contributed by atoms with van der Waals surface area (Å²) >= 11 is 0. The van der Waals surface area contributed by atoms with Crippen LogP contribution in [0.4, 0.5) is 0 Å². The second kappa shape index (κ2) is 8.39. The lowest BCUT2D eigenvalue weighted by Crippen LogP contribution is -2.46. The summed E-state index contributed by atoms with van der Waals surface area (Å²) in [5.74, 6) is 0.820. The zero-order valence-corrected chi connectivity index (χ0v) is 16.0. The van der Waals surface area contributed by atoms with Gasteiger partial charge in [0, 0.05) is 44.2 Å². The number of piperazine rings is 1. The highest BCUT2D eigenvalue weighted by atomic mass is 16.5. The van der Waals surface area contributed by atoms with Crippen LogP contribution in [0.25, 0.3) is 0 Å². The lowest BCUT2D eigenvalue weighted by atomic mass is 10.0. The molecule has 0 bridgehead atoms. The van der Waals surface area contributed by atoms with Gasteiger partial charge in [-0.25, -0.2) is 9.79 Å². The number of hydrogen-bond donors (Lipinski definition) is 1. The molecular weight excluding hydrogens is 342 g/mol. The predicted molar refractivity (Wildman–Crippen MR) is 106 cm³/mol. The molecule has 1 fully saturated rings. The molecule has 2 aliphatic heterocycles. The average molecular weight is 369 g/mol. The quantitative estimate of drug-likeness (QED) is 0.475. The number of hydrogen-bond acceptors (Lipinski definition) is 5. The smallest absolute Gasteiger partial charge is 0.331 e. The molecule has 27 heavy (non-hydrogen) atoms. The maximum absolute atomic E-state index is 10.9. The van der Waals surface area contributed by atoms with Crippen LogP contribution in [-0.2, 0) is 11.2 Å². The fourth-order valence-electron chi connectivity index (χ4n) is 3.52. The molecule has 3 rings (SSSR count). The molecule has 0 aliphatic carbocycles. The molecule has 0 radical (unpaired) electrons. The highest BCUT2D eigenvalue weighted by molar-refractivity contribution is 5.86. The third-order valence-corrected chi connectivity index (χ3v) is 5.37. The first-order valence-electron chi connectivity index (χ1n) is 9.33. The number of ether oxygens (including phenoxy) is 1. The Bertz CT molecular complexity index is 777. The first-order chi connectivity index (χ1) is 13.0. The molecule has 6 heteroatoms. The molecule has 6 nitrogen and oxygen atoms in total. The second-order valence-corrected chi connectivity index (χ2v) is 7.00. The van der Waals surface area contributed by atoms with E-state index in [0.29, 0.717) is 11.9 Å². The largest absolute Gasteiger partial charge is 0.493 e. The number of carbonyl (C=O) groups is 1. The Hall–Kier alpha value is -2.60. The van der Waals surface area contributed by atoms with Crippen molar-refractivity contribution in [1.29, 1.82) is 0 Å².